The number of rotatable bonds is 2. The van der Waals surface area contributed by atoms with E-state index in [0.29, 0.717) is 30.0 Å². The normalized spacial score (nSPS) is 20.5. The zero-order chi connectivity index (χ0) is 12.4. The lowest BCUT2D eigenvalue weighted by Gasteiger charge is -2.23. The van der Waals surface area contributed by atoms with Crippen LogP contribution in [-0.2, 0) is 4.79 Å². The van der Waals surface area contributed by atoms with Gasteiger partial charge >= 0.3 is 0 Å². The van der Waals surface area contributed by atoms with Gasteiger partial charge in [-0.15, -0.1) is 0 Å². The van der Waals surface area contributed by atoms with Crippen LogP contribution in [0.3, 0.4) is 0 Å². The summed E-state index contributed by atoms with van der Waals surface area (Å²) in [6.45, 7) is 0. The summed E-state index contributed by atoms with van der Waals surface area (Å²) in [4.78, 5) is 11.5. The van der Waals surface area contributed by atoms with Crippen molar-refractivity contribution in [2.24, 2.45) is 0 Å². The van der Waals surface area contributed by atoms with Crippen molar-refractivity contribution in [3.8, 4) is 5.75 Å². The molecule has 0 saturated heterocycles. The Balaban J connectivity index is 2.35. The summed E-state index contributed by atoms with van der Waals surface area (Å²) in [6.07, 6.45) is 1.38. The molecule has 1 N–H and O–H groups in total. The van der Waals surface area contributed by atoms with Gasteiger partial charge in [0.05, 0.1) is 7.11 Å². The number of methoxy groups -OCH3 is 1. The van der Waals surface area contributed by atoms with E-state index in [-0.39, 0.29) is 11.7 Å². The molecule has 4 heteroatoms. The predicted octanol–water partition coefficient (Wildman–Crippen LogP) is 3.20. The number of hydrogen-bond donors (Lipinski definition) is 1. The molecule has 1 atom stereocenters. The van der Waals surface area contributed by atoms with Gasteiger partial charge in [0.1, 0.15) is 11.5 Å². The molecule has 1 aromatic rings. The average Bonchev–Trinajstić information content (AvgIpc) is 2.27. The first-order valence-electron chi connectivity index (χ1n) is 5.51. The zero-order valence-corrected chi connectivity index (χ0v) is 10.4. The second kappa shape index (κ2) is 4.88. The number of hydrogen-bond acceptors (Lipinski definition) is 3. The van der Waals surface area contributed by atoms with Crippen LogP contribution in [0.4, 0.5) is 0 Å². The van der Waals surface area contributed by atoms with Gasteiger partial charge in [0.15, 0.2) is 0 Å². The van der Waals surface area contributed by atoms with Crippen LogP contribution >= 0.6 is 11.6 Å². The highest BCUT2D eigenvalue weighted by Crippen LogP contribution is 2.36. The molecule has 17 heavy (non-hydrogen) atoms. The van der Waals surface area contributed by atoms with Gasteiger partial charge in [-0.05, 0) is 36.1 Å². The summed E-state index contributed by atoms with van der Waals surface area (Å²) in [6, 6.07) is 5.40. The first kappa shape index (κ1) is 12.1. The average molecular weight is 252 g/mol. The molecule has 0 amide bonds. The molecule has 3 nitrogen and oxygen atoms in total. The van der Waals surface area contributed by atoms with Crippen LogP contribution in [0.15, 0.2) is 18.2 Å². The van der Waals surface area contributed by atoms with Crippen LogP contribution in [0.5, 0.6) is 5.75 Å². The SMILES string of the molecule is COc1ccc(Cl)cc1C1CC(=N)CC(=O)C1. The fourth-order valence-electron chi connectivity index (χ4n) is 2.27. The summed E-state index contributed by atoms with van der Waals surface area (Å²) >= 11 is 5.97. The smallest absolute Gasteiger partial charge is 0.139 e. The summed E-state index contributed by atoms with van der Waals surface area (Å²) in [5.41, 5.74) is 1.42. The highest BCUT2D eigenvalue weighted by molar-refractivity contribution is 6.30. The van der Waals surface area contributed by atoms with Gasteiger partial charge in [-0.1, -0.05) is 11.6 Å². The lowest BCUT2D eigenvalue weighted by atomic mass is 9.82. The Morgan fingerprint density at radius 2 is 2.18 bits per heavy atom. The highest BCUT2D eigenvalue weighted by atomic mass is 35.5. The number of benzene rings is 1. The topological polar surface area (TPSA) is 50.1 Å². The van der Waals surface area contributed by atoms with Gasteiger partial charge in [0, 0.05) is 23.6 Å². The van der Waals surface area contributed by atoms with E-state index in [2.05, 4.69) is 0 Å². The minimum absolute atomic E-state index is 0.0254. The molecule has 1 aliphatic carbocycles. The van der Waals surface area contributed by atoms with Gasteiger partial charge in [0.2, 0.25) is 0 Å². The van der Waals surface area contributed by atoms with E-state index in [1.165, 1.54) is 0 Å². The van der Waals surface area contributed by atoms with Crippen molar-refractivity contribution < 1.29 is 9.53 Å². The Bertz CT molecular complexity index is 454. The lowest BCUT2D eigenvalue weighted by molar-refractivity contribution is -0.118. The Morgan fingerprint density at radius 3 is 2.82 bits per heavy atom. The van der Waals surface area contributed by atoms with Gasteiger partial charge in [-0.3, -0.25) is 4.79 Å². The van der Waals surface area contributed by atoms with Crippen molar-refractivity contribution in [1.29, 1.82) is 5.41 Å². The molecule has 1 unspecified atom stereocenters. The molecule has 1 fully saturated rings. The molecular weight excluding hydrogens is 238 g/mol. The second-order valence-corrected chi connectivity index (χ2v) is 4.75. The minimum Gasteiger partial charge on any atom is -0.496 e. The molecule has 1 saturated carbocycles. The van der Waals surface area contributed by atoms with E-state index in [4.69, 9.17) is 21.7 Å². The summed E-state index contributed by atoms with van der Waals surface area (Å²) in [5, 5.41) is 8.32. The first-order chi connectivity index (χ1) is 8.10. The van der Waals surface area contributed by atoms with Gasteiger partial charge in [-0.2, -0.15) is 0 Å². The van der Waals surface area contributed by atoms with Crippen LogP contribution in [0, 0.1) is 5.41 Å². The summed E-state index contributed by atoms with van der Waals surface area (Å²) in [5.74, 6) is 0.882. The first-order valence-corrected chi connectivity index (χ1v) is 5.89. The number of ether oxygens (including phenoxy) is 1. The predicted molar refractivity (Wildman–Crippen MR) is 67.3 cm³/mol. The third-order valence-corrected chi connectivity index (χ3v) is 3.24. The molecule has 90 valence electrons. The maximum atomic E-state index is 11.5. The van der Waals surface area contributed by atoms with Crippen molar-refractivity contribution in [2.75, 3.05) is 7.11 Å². The maximum absolute atomic E-state index is 11.5. The fraction of sp³-hybridized carbons (Fsp3) is 0.385. The van der Waals surface area contributed by atoms with E-state index in [0.717, 1.165) is 11.3 Å². The molecule has 0 heterocycles. The van der Waals surface area contributed by atoms with Gasteiger partial charge in [-0.25, -0.2) is 0 Å². The molecule has 1 aromatic carbocycles. The Morgan fingerprint density at radius 1 is 1.41 bits per heavy atom. The van der Waals surface area contributed by atoms with Crippen molar-refractivity contribution in [2.45, 2.75) is 25.2 Å². The van der Waals surface area contributed by atoms with Crippen LogP contribution in [-0.4, -0.2) is 18.6 Å². The molecule has 0 aliphatic heterocycles. The van der Waals surface area contributed by atoms with Crippen molar-refractivity contribution >= 4 is 23.1 Å². The molecule has 0 bridgehead atoms. The van der Waals surface area contributed by atoms with Crippen LogP contribution in [0.25, 0.3) is 0 Å². The monoisotopic (exact) mass is 251 g/mol. The Labute approximate surface area is 105 Å². The molecule has 0 radical (unpaired) electrons. The molecular formula is C13H14ClNO2. The Hall–Kier alpha value is -1.35. The number of ketones is 1. The number of nitrogens with one attached hydrogen (secondary N) is 1. The fourth-order valence-corrected chi connectivity index (χ4v) is 2.45. The third kappa shape index (κ3) is 2.67. The quantitative estimate of drug-likeness (QED) is 0.878. The van der Waals surface area contributed by atoms with Gasteiger partial charge in [0.25, 0.3) is 0 Å². The number of halogens is 1. The van der Waals surface area contributed by atoms with Crippen LogP contribution in [0.2, 0.25) is 5.02 Å². The largest absolute Gasteiger partial charge is 0.496 e. The minimum atomic E-state index is 0.0254. The number of carbonyl (C=O) groups is 1. The van der Waals surface area contributed by atoms with Gasteiger partial charge < -0.3 is 10.1 Å². The van der Waals surface area contributed by atoms with E-state index in [1.807, 2.05) is 6.07 Å². The van der Waals surface area contributed by atoms with E-state index >= 15 is 0 Å². The van der Waals surface area contributed by atoms with Crippen molar-refractivity contribution in [1.82, 2.24) is 0 Å². The molecule has 0 aromatic heterocycles. The molecule has 1 aliphatic rings. The van der Waals surface area contributed by atoms with E-state index in [9.17, 15) is 4.79 Å². The van der Waals surface area contributed by atoms with Crippen LogP contribution in [0.1, 0.15) is 30.7 Å². The number of carbonyl (C=O) groups excluding carboxylic acids is 1. The number of Topliss-reactive ketones (excluding diaryl/α,β-unsaturated/α-hetero) is 1. The molecule has 0 spiro atoms. The standard InChI is InChI=1S/C13H14ClNO2/c1-17-13-3-2-9(14)6-12(13)8-4-10(15)7-11(16)5-8/h2-3,6,8,15H,4-5,7H2,1H3. The van der Waals surface area contributed by atoms with E-state index < -0.39 is 0 Å². The molecule has 2 rings (SSSR count). The van der Waals surface area contributed by atoms with E-state index in [1.54, 1.807) is 19.2 Å². The second-order valence-electron chi connectivity index (χ2n) is 4.31. The van der Waals surface area contributed by atoms with Crippen molar-refractivity contribution in [3.63, 3.8) is 0 Å². The van der Waals surface area contributed by atoms with Crippen LogP contribution < -0.4 is 4.74 Å². The summed E-state index contributed by atoms with van der Waals surface area (Å²) < 4.78 is 5.28. The lowest BCUT2D eigenvalue weighted by Crippen LogP contribution is -2.21. The third-order valence-electron chi connectivity index (χ3n) is 3.01. The zero-order valence-electron chi connectivity index (χ0n) is 9.63. The van der Waals surface area contributed by atoms with Crippen molar-refractivity contribution in [3.05, 3.63) is 28.8 Å². The maximum Gasteiger partial charge on any atom is 0.139 e. The summed E-state index contributed by atoms with van der Waals surface area (Å²) in [7, 11) is 1.60. The Kier molecular flexibility index (Phi) is 3.48. The highest BCUT2D eigenvalue weighted by Gasteiger charge is 2.26.